The summed E-state index contributed by atoms with van der Waals surface area (Å²) in [6.45, 7) is 1.86. The van der Waals surface area contributed by atoms with E-state index in [9.17, 15) is 9.59 Å². The first-order valence-electron chi connectivity index (χ1n) is 7.30. The number of aryl methyl sites for hydroxylation is 1. The molecule has 2 aromatic carbocycles. The van der Waals surface area contributed by atoms with Gasteiger partial charge in [0, 0.05) is 9.50 Å². The molecule has 0 spiro atoms. The first-order chi connectivity index (χ1) is 11.9. The molecule has 0 bridgehead atoms. The Morgan fingerprint density at radius 2 is 1.92 bits per heavy atom. The Bertz CT molecular complexity index is 942. The number of nitrogens with zero attached hydrogens (tertiary/aromatic N) is 1. The summed E-state index contributed by atoms with van der Waals surface area (Å²) in [7, 11) is 0. The van der Waals surface area contributed by atoms with Gasteiger partial charge >= 0.3 is 0 Å². The topological polar surface area (TPSA) is 49.4 Å². The lowest BCUT2D eigenvalue weighted by molar-refractivity contribution is -0.122. The van der Waals surface area contributed by atoms with Crippen LogP contribution in [0.5, 0.6) is 0 Å². The summed E-state index contributed by atoms with van der Waals surface area (Å²) in [6, 6.07) is 12.4. The lowest BCUT2D eigenvalue weighted by Gasteiger charge is -2.30. The van der Waals surface area contributed by atoms with E-state index in [-0.39, 0.29) is 10.7 Å². The molecule has 3 rings (SSSR count). The average Bonchev–Trinajstić information content (AvgIpc) is 2.55. The van der Waals surface area contributed by atoms with E-state index >= 15 is 0 Å². The minimum absolute atomic E-state index is 0.0241. The lowest BCUT2D eigenvalue weighted by atomic mass is 10.1. The molecular weight excluding hydrogens is 424 g/mol. The van der Waals surface area contributed by atoms with Gasteiger partial charge in [0.05, 0.1) is 5.69 Å². The van der Waals surface area contributed by atoms with E-state index in [1.54, 1.807) is 30.3 Å². The Morgan fingerprint density at radius 3 is 2.60 bits per heavy atom. The van der Waals surface area contributed by atoms with Crippen molar-refractivity contribution in [1.82, 2.24) is 5.32 Å². The zero-order chi connectivity index (χ0) is 18.1. The number of carbonyl (C=O) groups excluding carboxylic acids is 2. The molecule has 1 fully saturated rings. The van der Waals surface area contributed by atoms with Crippen LogP contribution in [0.3, 0.4) is 0 Å². The van der Waals surface area contributed by atoms with Crippen LogP contribution < -0.4 is 10.2 Å². The molecule has 4 nitrogen and oxygen atoms in total. The number of nitrogens with one attached hydrogen (secondary N) is 1. The van der Waals surface area contributed by atoms with Gasteiger partial charge in [-0.2, -0.15) is 0 Å². The summed E-state index contributed by atoms with van der Waals surface area (Å²) in [5.74, 6) is -1.03. The molecular formula is C18H12BrClN2O2S. The van der Waals surface area contributed by atoms with Crippen molar-refractivity contribution in [3.8, 4) is 0 Å². The summed E-state index contributed by atoms with van der Waals surface area (Å²) in [5.41, 5.74) is 2.02. The number of hydrogen-bond donors (Lipinski definition) is 1. The maximum Gasteiger partial charge on any atom is 0.270 e. The van der Waals surface area contributed by atoms with Crippen LogP contribution in [0.2, 0.25) is 5.02 Å². The van der Waals surface area contributed by atoms with Crippen molar-refractivity contribution in [3.63, 3.8) is 0 Å². The summed E-state index contributed by atoms with van der Waals surface area (Å²) in [4.78, 5) is 26.6. The number of halogens is 2. The van der Waals surface area contributed by atoms with Crippen molar-refractivity contribution < 1.29 is 9.59 Å². The molecule has 0 aliphatic carbocycles. The second kappa shape index (κ2) is 7.07. The highest BCUT2D eigenvalue weighted by molar-refractivity contribution is 9.10. The molecule has 1 heterocycles. The molecule has 25 heavy (non-hydrogen) atoms. The highest BCUT2D eigenvalue weighted by Gasteiger charge is 2.35. The number of benzene rings is 2. The highest BCUT2D eigenvalue weighted by atomic mass is 79.9. The second-order valence-corrected chi connectivity index (χ2v) is 7.12. The first kappa shape index (κ1) is 17.8. The van der Waals surface area contributed by atoms with E-state index in [2.05, 4.69) is 21.2 Å². The minimum atomic E-state index is -0.541. The summed E-state index contributed by atoms with van der Waals surface area (Å²) in [6.07, 6.45) is 1.48. The van der Waals surface area contributed by atoms with Gasteiger partial charge in [-0.25, -0.2) is 0 Å². The summed E-state index contributed by atoms with van der Waals surface area (Å²) >= 11 is 14.7. The van der Waals surface area contributed by atoms with Gasteiger partial charge in [0.1, 0.15) is 5.57 Å². The molecule has 1 aliphatic rings. The fourth-order valence-electron chi connectivity index (χ4n) is 2.49. The van der Waals surface area contributed by atoms with Crippen molar-refractivity contribution in [2.24, 2.45) is 0 Å². The third kappa shape index (κ3) is 3.51. The van der Waals surface area contributed by atoms with Crippen LogP contribution >= 0.6 is 39.7 Å². The van der Waals surface area contributed by atoms with Crippen molar-refractivity contribution >= 4 is 68.4 Å². The standard InChI is InChI=1S/C18H12BrClN2O2S/c1-10-8-12(19)6-7-15(10)22-17(24)13(16(23)21-18(22)25)9-11-4-2-3-5-14(11)20/h2-9H,1H3,(H,21,23,25)/b13-9+. The number of hydrogen-bond acceptors (Lipinski definition) is 3. The van der Waals surface area contributed by atoms with E-state index in [0.717, 1.165) is 10.0 Å². The fourth-order valence-corrected chi connectivity index (χ4v) is 3.43. The molecule has 2 aromatic rings. The van der Waals surface area contributed by atoms with E-state index in [0.29, 0.717) is 16.3 Å². The third-order valence-electron chi connectivity index (χ3n) is 3.71. The Kier molecular flexibility index (Phi) is 5.03. The van der Waals surface area contributed by atoms with Crippen molar-refractivity contribution in [1.29, 1.82) is 0 Å². The van der Waals surface area contributed by atoms with E-state index < -0.39 is 11.8 Å². The monoisotopic (exact) mass is 434 g/mol. The number of anilines is 1. The summed E-state index contributed by atoms with van der Waals surface area (Å²) in [5, 5.41) is 3.07. The molecule has 1 N–H and O–H groups in total. The number of thiocarbonyl (C=S) groups is 1. The van der Waals surface area contributed by atoms with Crippen molar-refractivity contribution in [2.75, 3.05) is 4.90 Å². The van der Waals surface area contributed by atoms with Crippen LogP contribution in [0.15, 0.2) is 52.5 Å². The van der Waals surface area contributed by atoms with E-state index in [4.69, 9.17) is 23.8 Å². The zero-order valence-electron chi connectivity index (χ0n) is 13.0. The van der Waals surface area contributed by atoms with Crippen molar-refractivity contribution in [3.05, 3.63) is 68.7 Å². The molecule has 0 aromatic heterocycles. The number of rotatable bonds is 2. The van der Waals surface area contributed by atoms with Gasteiger partial charge in [-0.3, -0.25) is 19.8 Å². The van der Waals surface area contributed by atoms with Gasteiger partial charge in [0.25, 0.3) is 11.8 Å². The second-order valence-electron chi connectivity index (χ2n) is 5.41. The maximum atomic E-state index is 13.0. The molecule has 2 amide bonds. The van der Waals surface area contributed by atoms with Crippen LogP contribution in [-0.4, -0.2) is 16.9 Å². The smallest absolute Gasteiger partial charge is 0.270 e. The predicted molar refractivity (Wildman–Crippen MR) is 107 cm³/mol. The first-order valence-corrected chi connectivity index (χ1v) is 8.88. The fraction of sp³-hybridized carbons (Fsp3) is 0.0556. The quantitative estimate of drug-likeness (QED) is 0.436. The van der Waals surface area contributed by atoms with Gasteiger partial charge in [0.2, 0.25) is 0 Å². The average molecular weight is 436 g/mol. The number of carbonyl (C=O) groups is 2. The van der Waals surface area contributed by atoms with Gasteiger partial charge < -0.3 is 0 Å². The SMILES string of the molecule is Cc1cc(Br)ccc1N1C(=O)/C(=C/c2ccccc2Cl)C(=O)NC1=S. The van der Waals surface area contributed by atoms with E-state index in [1.807, 2.05) is 19.1 Å². The Morgan fingerprint density at radius 1 is 1.20 bits per heavy atom. The lowest BCUT2D eigenvalue weighted by Crippen LogP contribution is -2.54. The molecule has 7 heteroatoms. The van der Waals surface area contributed by atoms with Crippen molar-refractivity contribution in [2.45, 2.75) is 6.92 Å². The summed E-state index contributed by atoms with van der Waals surface area (Å²) < 4.78 is 0.889. The molecule has 0 radical (unpaired) electrons. The molecule has 1 aliphatic heterocycles. The van der Waals surface area contributed by atoms with E-state index in [1.165, 1.54) is 11.0 Å². The Hall–Kier alpha value is -2.02. The maximum absolute atomic E-state index is 13.0. The van der Waals surface area contributed by atoms with Crippen LogP contribution in [0, 0.1) is 6.92 Å². The van der Waals surface area contributed by atoms with Gasteiger partial charge in [-0.05, 0) is 60.6 Å². The molecule has 0 saturated carbocycles. The molecule has 1 saturated heterocycles. The molecule has 0 atom stereocenters. The van der Waals surface area contributed by atoms with Gasteiger partial charge in [0.15, 0.2) is 5.11 Å². The molecule has 126 valence electrons. The van der Waals surface area contributed by atoms with Gasteiger partial charge in [-0.1, -0.05) is 45.7 Å². The van der Waals surface area contributed by atoms with Gasteiger partial charge in [-0.15, -0.1) is 0 Å². The Labute approximate surface area is 163 Å². The van der Waals surface area contributed by atoms with Crippen LogP contribution in [-0.2, 0) is 9.59 Å². The molecule has 0 unspecified atom stereocenters. The third-order valence-corrected chi connectivity index (χ3v) is 4.83. The van der Waals surface area contributed by atoms with Crippen LogP contribution in [0.4, 0.5) is 5.69 Å². The zero-order valence-corrected chi connectivity index (χ0v) is 16.2. The van der Waals surface area contributed by atoms with Crippen LogP contribution in [0.25, 0.3) is 6.08 Å². The predicted octanol–water partition coefficient (Wildman–Crippen LogP) is 4.24. The largest absolute Gasteiger partial charge is 0.298 e. The van der Waals surface area contributed by atoms with Crippen LogP contribution in [0.1, 0.15) is 11.1 Å². The minimum Gasteiger partial charge on any atom is -0.298 e. The number of amides is 2. The normalized spacial score (nSPS) is 16.4. The Balaban J connectivity index is 2.07. The highest BCUT2D eigenvalue weighted by Crippen LogP contribution is 2.28.